The summed E-state index contributed by atoms with van der Waals surface area (Å²) in [6.07, 6.45) is 5.82. The molecule has 1 amide bonds. The second-order valence-electron chi connectivity index (χ2n) is 5.06. The molecule has 0 aliphatic heterocycles. The van der Waals surface area contributed by atoms with Gasteiger partial charge in [0.1, 0.15) is 6.61 Å². The van der Waals surface area contributed by atoms with Crippen LogP contribution >= 0.6 is 23.2 Å². The standard InChI is InChI=1S/C16H17Cl2N3O3/c1-2-8-24-16(23)21-12-5-3-4-11(14(12)17)13(22)9-10-6-7-19-15(18)20-10/h2-4,6-7,12-13,22H,1,5,8-9H2,(H,21,23). The number of ether oxygens (including phenoxy) is 1. The lowest BCUT2D eigenvalue weighted by atomic mass is 9.96. The van der Waals surface area contributed by atoms with Crippen LogP contribution < -0.4 is 5.32 Å². The van der Waals surface area contributed by atoms with Crippen molar-refractivity contribution in [3.05, 3.63) is 58.7 Å². The van der Waals surface area contributed by atoms with Crippen LogP contribution in [0, 0.1) is 0 Å². The highest BCUT2D eigenvalue weighted by molar-refractivity contribution is 6.31. The second kappa shape index (κ2) is 8.82. The van der Waals surface area contributed by atoms with Crippen LogP contribution in [0.4, 0.5) is 4.79 Å². The monoisotopic (exact) mass is 369 g/mol. The molecule has 0 fully saturated rings. The van der Waals surface area contributed by atoms with E-state index in [1.807, 2.05) is 6.08 Å². The molecule has 1 heterocycles. The third kappa shape index (κ3) is 5.06. The number of alkyl carbamates (subject to hydrolysis) is 1. The van der Waals surface area contributed by atoms with Crippen LogP contribution in [-0.2, 0) is 11.2 Å². The van der Waals surface area contributed by atoms with Gasteiger partial charge in [-0.15, -0.1) is 0 Å². The van der Waals surface area contributed by atoms with Gasteiger partial charge in [0.2, 0.25) is 5.28 Å². The fraction of sp³-hybridized carbons (Fsp3) is 0.312. The summed E-state index contributed by atoms with van der Waals surface area (Å²) in [6.45, 7) is 3.58. The summed E-state index contributed by atoms with van der Waals surface area (Å²) in [5, 5.41) is 13.6. The maximum atomic E-state index is 11.6. The molecule has 0 spiro atoms. The molecule has 0 saturated heterocycles. The van der Waals surface area contributed by atoms with Crippen LogP contribution in [0.2, 0.25) is 5.28 Å². The molecule has 2 rings (SSSR count). The van der Waals surface area contributed by atoms with Gasteiger partial charge in [0, 0.05) is 23.3 Å². The molecule has 6 nitrogen and oxygen atoms in total. The van der Waals surface area contributed by atoms with Crippen LogP contribution in [0.15, 0.2) is 47.7 Å². The fourth-order valence-corrected chi connectivity index (χ4v) is 2.72. The largest absolute Gasteiger partial charge is 0.445 e. The molecule has 1 aromatic heterocycles. The van der Waals surface area contributed by atoms with Gasteiger partial charge in [0.25, 0.3) is 0 Å². The Morgan fingerprint density at radius 1 is 1.58 bits per heavy atom. The summed E-state index contributed by atoms with van der Waals surface area (Å²) < 4.78 is 4.88. The number of amides is 1. The van der Waals surface area contributed by atoms with Crippen LogP contribution in [0.5, 0.6) is 0 Å². The Morgan fingerprint density at radius 2 is 2.38 bits per heavy atom. The Morgan fingerprint density at radius 3 is 3.08 bits per heavy atom. The first-order chi connectivity index (χ1) is 11.5. The summed E-state index contributed by atoms with van der Waals surface area (Å²) in [6, 6.07) is 1.21. The van der Waals surface area contributed by atoms with Crippen LogP contribution in [0.3, 0.4) is 0 Å². The molecule has 0 aromatic carbocycles. The van der Waals surface area contributed by atoms with Crippen molar-refractivity contribution >= 4 is 29.3 Å². The van der Waals surface area contributed by atoms with Crippen molar-refractivity contribution in [1.82, 2.24) is 15.3 Å². The highest BCUT2D eigenvalue weighted by atomic mass is 35.5. The number of aromatic nitrogens is 2. The van der Waals surface area contributed by atoms with Crippen molar-refractivity contribution in [2.24, 2.45) is 0 Å². The third-order valence-corrected chi connectivity index (χ3v) is 3.98. The minimum absolute atomic E-state index is 0.111. The van der Waals surface area contributed by atoms with Gasteiger partial charge in [-0.25, -0.2) is 14.8 Å². The molecule has 128 valence electrons. The van der Waals surface area contributed by atoms with E-state index in [1.54, 1.807) is 12.1 Å². The molecule has 0 bridgehead atoms. The van der Waals surface area contributed by atoms with E-state index < -0.39 is 18.2 Å². The quantitative estimate of drug-likeness (QED) is 0.594. The number of rotatable bonds is 6. The molecule has 2 atom stereocenters. The number of hydrogen-bond acceptors (Lipinski definition) is 5. The molecule has 0 saturated carbocycles. The van der Waals surface area contributed by atoms with Gasteiger partial charge in [-0.05, 0) is 29.7 Å². The van der Waals surface area contributed by atoms with E-state index in [2.05, 4.69) is 21.9 Å². The zero-order valence-corrected chi connectivity index (χ0v) is 14.3. The number of carbonyl (C=O) groups is 1. The molecule has 2 N–H and O–H groups in total. The minimum atomic E-state index is -0.881. The van der Waals surface area contributed by atoms with Gasteiger partial charge in [-0.2, -0.15) is 0 Å². The van der Waals surface area contributed by atoms with Gasteiger partial charge in [-0.1, -0.05) is 36.4 Å². The number of nitrogens with one attached hydrogen (secondary N) is 1. The lowest BCUT2D eigenvalue weighted by molar-refractivity contribution is 0.155. The summed E-state index contributed by atoms with van der Waals surface area (Å²) in [7, 11) is 0. The van der Waals surface area contributed by atoms with E-state index in [1.165, 1.54) is 12.3 Å². The Balaban J connectivity index is 2.06. The van der Waals surface area contributed by atoms with Gasteiger partial charge < -0.3 is 15.2 Å². The molecule has 8 heteroatoms. The SMILES string of the molecule is C=CCOC(=O)NC1CC=CC(C(O)Cc2ccnc(Cl)n2)=C1Cl. The van der Waals surface area contributed by atoms with E-state index in [-0.39, 0.29) is 18.3 Å². The maximum absolute atomic E-state index is 11.6. The van der Waals surface area contributed by atoms with Crippen molar-refractivity contribution in [3.63, 3.8) is 0 Å². The van der Waals surface area contributed by atoms with Crippen molar-refractivity contribution < 1.29 is 14.6 Å². The predicted molar refractivity (Wildman–Crippen MR) is 91.9 cm³/mol. The Kier molecular flexibility index (Phi) is 6.78. The maximum Gasteiger partial charge on any atom is 0.407 e. The molecule has 1 aliphatic rings. The number of carbonyl (C=O) groups excluding carboxylic acids is 1. The number of halogens is 2. The summed E-state index contributed by atoms with van der Waals surface area (Å²) in [4.78, 5) is 19.5. The molecule has 24 heavy (non-hydrogen) atoms. The first-order valence-electron chi connectivity index (χ1n) is 7.27. The summed E-state index contributed by atoms with van der Waals surface area (Å²) >= 11 is 12.1. The van der Waals surface area contributed by atoms with Crippen molar-refractivity contribution in [2.75, 3.05) is 6.61 Å². The van der Waals surface area contributed by atoms with E-state index >= 15 is 0 Å². The van der Waals surface area contributed by atoms with Crippen molar-refractivity contribution in [1.29, 1.82) is 0 Å². The zero-order chi connectivity index (χ0) is 17.5. The van der Waals surface area contributed by atoms with Crippen molar-refractivity contribution in [2.45, 2.75) is 25.0 Å². The molecule has 2 unspecified atom stereocenters. The molecular weight excluding hydrogens is 353 g/mol. The zero-order valence-electron chi connectivity index (χ0n) is 12.8. The van der Waals surface area contributed by atoms with Gasteiger partial charge >= 0.3 is 6.09 Å². The highest BCUT2D eigenvalue weighted by Gasteiger charge is 2.24. The van der Waals surface area contributed by atoms with E-state index in [4.69, 9.17) is 27.9 Å². The Hall–Kier alpha value is -1.89. The predicted octanol–water partition coefficient (Wildman–Crippen LogP) is 2.77. The number of nitrogens with zero attached hydrogens (tertiary/aromatic N) is 2. The number of hydrogen-bond donors (Lipinski definition) is 2. The average Bonchev–Trinajstić information content (AvgIpc) is 2.54. The smallest absolute Gasteiger partial charge is 0.407 e. The second-order valence-corrected chi connectivity index (χ2v) is 5.81. The molecule has 0 radical (unpaired) electrons. The molecule has 1 aromatic rings. The first kappa shape index (κ1) is 18.4. The number of aliphatic hydroxyl groups excluding tert-OH is 1. The Labute approximate surface area is 149 Å². The molecule has 1 aliphatic carbocycles. The van der Waals surface area contributed by atoms with E-state index in [9.17, 15) is 9.90 Å². The van der Waals surface area contributed by atoms with Crippen molar-refractivity contribution in [3.8, 4) is 0 Å². The van der Waals surface area contributed by atoms with E-state index in [0.717, 1.165) is 0 Å². The van der Waals surface area contributed by atoms with Gasteiger partial charge in [0.15, 0.2) is 0 Å². The van der Waals surface area contributed by atoms with Crippen LogP contribution in [0.1, 0.15) is 12.1 Å². The van der Waals surface area contributed by atoms with Crippen LogP contribution in [0.25, 0.3) is 0 Å². The summed E-state index contributed by atoms with van der Waals surface area (Å²) in [5.74, 6) is 0. The Bertz CT molecular complexity index is 676. The lowest BCUT2D eigenvalue weighted by Crippen LogP contribution is -2.37. The fourth-order valence-electron chi connectivity index (χ4n) is 2.22. The highest BCUT2D eigenvalue weighted by Crippen LogP contribution is 2.27. The third-order valence-electron chi connectivity index (χ3n) is 3.32. The minimum Gasteiger partial charge on any atom is -0.445 e. The average molecular weight is 370 g/mol. The number of aliphatic hydroxyl groups is 1. The topological polar surface area (TPSA) is 84.3 Å². The van der Waals surface area contributed by atoms with E-state index in [0.29, 0.717) is 22.7 Å². The first-order valence-corrected chi connectivity index (χ1v) is 8.02. The normalized spacial score (nSPS) is 18.2. The van der Waals surface area contributed by atoms with Gasteiger partial charge in [0.05, 0.1) is 12.1 Å². The van der Waals surface area contributed by atoms with Gasteiger partial charge in [-0.3, -0.25) is 0 Å². The summed E-state index contributed by atoms with van der Waals surface area (Å²) in [5.41, 5.74) is 1.11. The molecular formula is C16H17Cl2N3O3. The van der Waals surface area contributed by atoms with Crippen LogP contribution in [-0.4, -0.2) is 39.9 Å². The lowest BCUT2D eigenvalue weighted by Gasteiger charge is -2.24.